The molecule has 0 aliphatic carbocycles. The molecule has 2 unspecified atom stereocenters. The van der Waals surface area contributed by atoms with Gasteiger partial charge in [0.2, 0.25) is 5.79 Å². The summed E-state index contributed by atoms with van der Waals surface area (Å²) in [5, 5.41) is 19.1. The minimum atomic E-state index is -1.52. The van der Waals surface area contributed by atoms with Crippen LogP contribution in [0.2, 0.25) is 0 Å². The summed E-state index contributed by atoms with van der Waals surface area (Å²) in [6.07, 6.45) is -1.24. The molecule has 3 rings (SSSR count). The Hall–Kier alpha value is -1.48. The Balaban J connectivity index is 1.90. The summed E-state index contributed by atoms with van der Waals surface area (Å²) in [4.78, 5) is 15.1. The highest BCUT2D eigenvalue weighted by atomic mass is 16.8. The van der Waals surface area contributed by atoms with Gasteiger partial charge in [-0.15, -0.1) is 0 Å². The Kier molecular flexibility index (Phi) is 2.05. The number of nitrogens with zero attached hydrogens (tertiary/aromatic N) is 2. The quantitative estimate of drug-likeness (QED) is 0.527. The third-order valence-electron chi connectivity index (χ3n) is 2.96. The van der Waals surface area contributed by atoms with Crippen molar-refractivity contribution in [1.29, 1.82) is 0 Å². The SMILES string of the molecule is Nc1ccn([C@H]2CC3(O)OC(O)[C@H]3O2)c(=O)n1. The third-order valence-corrected chi connectivity index (χ3v) is 2.96. The van der Waals surface area contributed by atoms with Crippen molar-refractivity contribution in [3.05, 3.63) is 22.7 Å². The van der Waals surface area contributed by atoms with Crippen molar-refractivity contribution in [3.63, 3.8) is 0 Å². The summed E-state index contributed by atoms with van der Waals surface area (Å²) in [5.74, 6) is -1.41. The second-order valence-corrected chi connectivity index (χ2v) is 4.11. The molecule has 92 valence electrons. The smallest absolute Gasteiger partial charge is 0.351 e. The van der Waals surface area contributed by atoms with Crippen LogP contribution in [0.25, 0.3) is 0 Å². The van der Waals surface area contributed by atoms with E-state index < -0.39 is 30.1 Å². The van der Waals surface area contributed by atoms with E-state index in [4.69, 9.17) is 15.2 Å². The van der Waals surface area contributed by atoms with Gasteiger partial charge < -0.3 is 25.4 Å². The first-order valence-electron chi connectivity index (χ1n) is 5.08. The van der Waals surface area contributed by atoms with Gasteiger partial charge in [-0.3, -0.25) is 4.57 Å². The first-order chi connectivity index (χ1) is 7.99. The lowest BCUT2D eigenvalue weighted by molar-refractivity contribution is -0.412. The van der Waals surface area contributed by atoms with E-state index in [0.717, 1.165) is 0 Å². The molecule has 0 aromatic carbocycles. The highest BCUT2D eigenvalue weighted by Crippen LogP contribution is 2.46. The number of hydrogen-bond donors (Lipinski definition) is 3. The number of aliphatic hydroxyl groups is 2. The number of anilines is 1. The van der Waals surface area contributed by atoms with E-state index in [1.807, 2.05) is 0 Å². The molecule has 2 saturated heterocycles. The maximum Gasteiger partial charge on any atom is 0.351 e. The predicted octanol–water partition coefficient (Wildman–Crippen LogP) is -1.85. The largest absolute Gasteiger partial charge is 0.383 e. The van der Waals surface area contributed by atoms with Gasteiger partial charge >= 0.3 is 5.69 Å². The summed E-state index contributed by atoms with van der Waals surface area (Å²) in [6, 6.07) is 1.45. The van der Waals surface area contributed by atoms with Crippen LogP contribution in [0, 0.1) is 0 Å². The third kappa shape index (κ3) is 1.46. The van der Waals surface area contributed by atoms with Crippen LogP contribution in [0.1, 0.15) is 12.6 Å². The maximum atomic E-state index is 11.6. The molecule has 1 aromatic rings. The van der Waals surface area contributed by atoms with Crippen molar-refractivity contribution in [2.24, 2.45) is 0 Å². The van der Waals surface area contributed by atoms with E-state index in [-0.39, 0.29) is 12.2 Å². The molecule has 0 saturated carbocycles. The molecule has 0 spiro atoms. The van der Waals surface area contributed by atoms with Crippen LogP contribution in [-0.2, 0) is 9.47 Å². The Morgan fingerprint density at radius 3 is 3.00 bits per heavy atom. The Morgan fingerprint density at radius 1 is 1.65 bits per heavy atom. The second kappa shape index (κ2) is 3.26. The summed E-state index contributed by atoms with van der Waals surface area (Å²) in [7, 11) is 0. The van der Waals surface area contributed by atoms with Crippen molar-refractivity contribution < 1.29 is 19.7 Å². The van der Waals surface area contributed by atoms with E-state index in [2.05, 4.69) is 4.98 Å². The molecule has 17 heavy (non-hydrogen) atoms. The Bertz CT molecular complexity index is 518. The molecule has 1 aromatic heterocycles. The van der Waals surface area contributed by atoms with Crippen LogP contribution in [0.3, 0.4) is 0 Å². The summed E-state index contributed by atoms with van der Waals surface area (Å²) in [6.45, 7) is 0. The molecular formula is C9H11N3O5. The van der Waals surface area contributed by atoms with Gasteiger partial charge in [-0.25, -0.2) is 4.79 Å². The van der Waals surface area contributed by atoms with Gasteiger partial charge in [0.1, 0.15) is 12.0 Å². The molecule has 2 aliphatic rings. The number of rotatable bonds is 1. The van der Waals surface area contributed by atoms with Gasteiger partial charge in [-0.2, -0.15) is 4.98 Å². The molecule has 8 heteroatoms. The Morgan fingerprint density at radius 2 is 2.41 bits per heavy atom. The zero-order chi connectivity index (χ0) is 12.2. The second-order valence-electron chi connectivity index (χ2n) is 4.11. The lowest BCUT2D eigenvalue weighted by atomic mass is 10.0. The molecule has 4 atom stereocenters. The molecule has 2 aliphatic heterocycles. The molecule has 0 bridgehead atoms. The van der Waals surface area contributed by atoms with Crippen molar-refractivity contribution >= 4 is 5.82 Å². The first kappa shape index (κ1) is 10.7. The van der Waals surface area contributed by atoms with Crippen LogP contribution in [0.5, 0.6) is 0 Å². The van der Waals surface area contributed by atoms with Crippen molar-refractivity contribution in [3.8, 4) is 0 Å². The number of hydrogen-bond acceptors (Lipinski definition) is 7. The van der Waals surface area contributed by atoms with Crippen molar-refractivity contribution in [2.75, 3.05) is 5.73 Å². The van der Waals surface area contributed by atoms with E-state index in [1.54, 1.807) is 0 Å². The van der Waals surface area contributed by atoms with Crippen molar-refractivity contribution in [1.82, 2.24) is 9.55 Å². The van der Waals surface area contributed by atoms with E-state index in [9.17, 15) is 15.0 Å². The predicted molar refractivity (Wildman–Crippen MR) is 53.5 cm³/mol. The number of fused-ring (bicyclic) bond motifs is 1. The fraction of sp³-hybridized carbons (Fsp3) is 0.556. The molecule has 2 fully saturated rings. The normalized spacial score (nSPS) is 39.8. The molecule has 0 radical (unpaired) electrons. The van der Waals surface area contributed by atoms with Gasteiger partial charge in [-0.05, 0) is 6.07 Å². The fourth-order valence-corrected chi connectivity index (χ4v) is 2.10. The Labute approximate surface area is 95.2 Å². The number of ether oxygens (including phenoxy) is 2. The summed E-state index contributed by atoms with van der Waals surface area (Å²) >= 11 is 0. The van der Waals surface area contributed by atoms with Gasteiger partial charge in [0, 0.05) is 12.6 Å². The van der Waals surface area contributed by atoms with E-state index in [1.165, 1.54) is 16.8 Å². The first-order valence-corrected chi connectivity index (χ1v) is 5.08. The molecule has 0 amide bonds. The maximum absolute atomic E-state index is 11.6. The van der Waals surface area contributed by atoms with Crippen LogP contribution in [-0.4, -0.2) is 37.9 Å². The highest BCUT2D eigenvalue weighted by Gasteiger charge is 2.62. The van der Waals surface area contributed by atoms with Crippen LogP contribution < -0.4 is 11.4 Å². The minimum Gasteiger partial charge on any atom is -0.383 e. The van der Waals surface area contributed by atoms with Crippen molar-refractivity contribution in [2.45, 2.75) is 30.8 Å². The lowest BCUT2D eigenvalue weighted by Gasteiger charge is -2.42. The molecule has 8 nitrogen and oxygen atoms in total. The van der Waals surface area contributed by atoms with E-state index >= 15 is 0 Å². The highest BCUT2D eigenvalue weighted by molar-refractivity contribution is 5.23. The number of aromatic nitrogens is 2. The topological polar surface area (TPSA) is 120 Å². The van der Waals surface area contributed by atoms with Crippen LogP contribution >= 0.6 is 0 Å². The van der Waals surface area contributed by atoms with Gasteiger partial charge in [0.25, 0.3) is 0 Å². The molecule has 3 heterocycles. The van der Waals surface area contributed by atoms with Gasteiger partial charge in [-0.1, -0.05) is 0 Å². The average Bonchev–Trinajstić information content (AvgIpc) is 2.50. The minimum absolute atomic E-state index is 0.0558. The number of nitrogens with two attached hydrogens (primary N) is 1. The molecular weight excluding hydrogens is 230 g/mol. The zero-order valence-electron chi connectivity index (χ0n) is 8.68. The summed E-state index contributed by atoms with van der Waals surface area (Å²) in [5.41, 5.74) is 4.79. The summed E-state index contributed by atoms with van der Waals surface area (Å²) < 4.78 is 11.3. The van der Waals surface area contributed by atoms with Gasteiger partial charge in [0.05, 0.1) is 0 Å². The number of aliphatic hydroxyl groups excluding tert-OH is 1. The van der Waals surface area contributed by atoms with E-state index in [0.29, 0.717) is 0 Å². The van der Waals surface area contributed by atoms with Gasteiger partial charge in [0.15, 0.2) is 12.4 Å². The standard InChI is InChI=1S/C9H11N3O5/c10-4-1-2-12(8(14)11-4)5-3-9(15)6(16-5)7(13)17-9/h1-2,5-7,13,15H,3H2,(H2,10,11,14)/t5-,6-,7?,9?/m1/s1. The monoisotopic (exact) mass is 241 g/mol. The van der Waals surface area contributed by atoms with Crippen LogP contribution in [0.4, 0.5) is 5.82 Å². The fourth-order valence-electron chi connectivity index (χ4n) is 2.10. The zero-order valence-corrected chi connectivity index (χ0v) is 8.68. The number of nitrogen functional groups attached to an aromatic ring is 1. The van der Waals surface area contributed by atoms with Crippen LogP contribution in [0.15, 0.2) is 17.1 Å². The molecule has 4 N–H and O–H groups in total. The lowest BCUT2D eigenvalue weighted by Crippen LogP contribution is -2.61. The average molecular weight is 241 g/mol.